The van der Waals surface area contributed by atoms with Gasteiger partial charge >= 0.3 is 5.69 Å². The molecule has 1 heterocycles. The lowest BCUT2D eigenvalue weighted by Gasteiger charge is -2.04. The van der Waals surface area contributed by atoms with E-state index in [4.69, 9.17) is 0 Å². The second-order valence-corrected chi connectivity index (χ2v) is 3.59. The van der Waals surface area contributed by atoms with Crippen molar-refractivity contribution in [3.05, 3.63) is 37.7 Å². The molecule has 0 bridgehead atoms. The second-order valence-electron chi connectivity index (χ2n) is 3.59. The summed E-state index contributed by atoms with van der Waals surface area (Å²) < 4.78 is 0. The third kappa shape index (κ3) is 1.41. The van der Waals surface area contributed by atoms with E-state index >= 15 is 0 Å². The van der Waals surface area contributed by atoms with Crippen LogP contribution in [0.1, 0.15) is 11.1 Å². The zero-order valence-corrected chi connectivity index (χ0v) is 9.05. The van der Waals surface area contributed by atoms with Gasteiger partial charge in [-0.05, 0) is 13.8 Å². The van der Waals surface area contributed by atoms with E-state index in [0.717, 1.165) is 0 Å². The van der Waals surface area contributed by atoms with Gasteiger partial charge in [-0.25, -0.2) is 4.98 Å². The molecule has 0 saturated carbocycles. The first-order chi connectivity index (χ1) is 7.95. The molecule has 0 spiro atoms. The van der Waals surface area contributed by atoms with E-state index < -0.39 is 9.85 Å². The Kier molecular flexibility index (Phi) is 2.27. The van der Waals surface area contributed by atoms with Gasteiger partial charge in [0.05, 0.1) is 16.2 Å². The maximum atomic E-state index is 11.0. The van der Waals surface area contributed by atoms with Gasteiger partial charge < -0.3 is 4.98 Å². The van der Waals surface area contributed by atoms with Crippen LogP contribution in [0.5, 0.6) is 0 Å². The average Bonchev–Trinajstić information content (AvgIpc) is 2.66. The number of fused-ring (bicyclic) bond motifs is 1. The van der Waals surface area contributed by atoms with Crippen LogP contribution in [-0.4, -0.2) is 19.8 Å². The van der Waals surface area contributed by atoms with Crippen LogP contribution >= 0.6 is 0 Å². The fraction of sp³-hybridized carbons (Fsp3) is 0.222. The highest BCUT2D eigenvalue weighted by Crippen LogP contribution is 2.37. The van der Waals surface area contributed by atoms with Gasteiger partial charge in [0.15, 0.2) is 11.0 Å². The molecule has 0 aliphatic rings. The molecule has 0 saturated heterocycles. The zero-order valence-electron chi connectivity index (χ0n) is 9.05. The topological polar surface area (TPSA) is 115 Å². The molecular formula is C9H8N4O4. The van der Waals surface area contributed by atoms with Crippen LogP contribution in [0.4, 0.5) is 11.4 Å². The Morgan fingerprint density at radius 3 is 2.18 bits per heavy atom. The zero-order chi connectivity index (χ0) is 12.7. The van der Waals surface area contributed by atoms with E-state index in [9.17, 15) is 20.2 Å². The van der Waals surface area contributed by atoms with Crippen LogP contribution in [-0.2, 0) is 0 Å². The molecule has 0 radical (unpaired) electrons. The molecule has 88 valence electrons. The van der Waals surface area contributed by atoms with Crippen LogP contribution in [0.25, 0.3) is 11.0 Å². The number of nitro benzene ring substituents is 2. The standard InChI is InChI=1S/C9H8N4O4/c1-4-5(2)9(13(16)17)7-6(10-3-11-7)8(4)12(14)15/h3H,1-2H3,(H,10,11). The van der Waals surface area contributed by atoms with Crippen LogP contribution < -0.4 is 0 Å². The minimum atomic E-state index is -0.574. The number of hydrogen-bond donors (Lipinski definition) is 1. The predicted molar refractivity (Wildman–Crippen MR) is 58.9 cm³/mol. The maximum absolute atomic E-state index is 11.0. The van der Waals surface area contributed by atoms with E-state index in [1.54, 1.807) is 0 Å². The second kappa shape index (κ2) is 3.51. The molecule has 0 fully saturated rings. The van der Waals surface area contributed by atoms with Gasteiger partial charge in [-0.2, -0.15) is 0 Å². The molecule has 1 N–H and O–H groups in total. The summed E-state index contributed by atoms with van der Waals surface area (Å²) in [7, 11) is 0. The predicted octanol–water partition coefficient (Wildman–Crippen LogP) is 2.00. The monoisotopic (exact) mass is 236 g/mol. The molecule has 2 aromatic rings. The van der Waals surface area contributed by atoms with E-state index in [1.165, 1.54) is 20.2 Å². The summed E-state index contributed by atoms with van der Waals surface area (Å²) in [5, 5.41) is 21.9. The van der Waals surface area contributed by atoms with Crippen molar-refractivity contribution in [3.8, 4) is 0 Å². The van der Waals surface area contributed by atoms with Gasteiger partial charge in [-0.15, -0.1) is 0 Å². The quantitative estimate of drug-likeness (QED) is 0.632. The Balaban J connectivity index is 3.02. The van der Waals surface area contributed by atoms with E-state index in [2.05, 4.69) is 9.97 Å². The number of rotatable bonds is 2. The molecule has 1 aromatic heterocycles. The Morgan fingerprint density at radius 2 is 1.65 bits per heavy atom. The summed E-state index contributed by atoms with van der Waals surface area (Å²) in [5.41, 5.74) is 0.291. The van der Waals surface area contributed by atoms with Gasteiger partial charge in [-0.1, -0.05) is 0 Å². The SMILES string of the molecule is Cc1c(C)c([N+](=O)[O-])c2[nH]cnc2c1[N+](=O)[O-]. The molecule has 1 aromatic carbocycles. The Bertz CT molecular complexity index is 592. The highest BCUT2D eigenvalue weighted by atomic mass is 16.6. The number of nitro groups is 2. The first-order valence-electron chi connectivity index (χ1n) is 4.70. The number of H-pyrrole nitrogens is 1. The van der Waals surface area contributed by atoms with Crippen LogP contribution in [0, 0.1) is 34.1 Å². The molecule has 0 unspecified atom stereocenters. The van der Waals surface area contributed by atoms with Crippen LogP contribution in [0.3, 0.4) is 0 Å². The molecule has 0 aliphatic heterocycles. The van der Waals surface area contributed by atoms with Crippen LogP contribution in [0.2, 0.25) is 0 Å². The van der Waals surface area contributed by atoms with Gasteiger partial charge in [0, 0.05) is 11.1 Å². The highest BCUT2D eigenvalue weighted by Gasteiger charge is 2.29. The number of aromatic amines is 1. The van der Waals surface area contributed by atoms with Gasteiger partial charge in [0.1, 0.15) is 0 Å². The Morgan fingerprint density at radius 1 is 1.12 bits per heavy atom. The van der Waals surface area contributed by atoms with Crippen molar-refractivity contribution < 1.29 is 9.85 Å². The number of aromatic nitrogens is 2. The smallest absolute Gasteiger partial charge is 0.300 e. The van der Waals surface area contributed by atoms with Crippen molar-refractivity contribution in [2.45, 2.75) is 13.8 Å². The number of hydrogen-bond acceptors (Lipinski definition) is 5. The van der Waals surface area contributed by atoms with Crippen molar-refractivity contribution in [2.75, 3.05) is 0 Å². The Hall–Kier alpha value is -2.51. The summed E-state index contributed by atoms with van der Waals surface area (Å²) in [6.07, 6.45) is 1.21. The molecule has 8 nitrogen and oxygen atoms in total. The summed E-state index contributed by atoms with van der Waals surface area (Å²) in [4.78, 5) is 27.1. The van der Waals surface area contributed by atoms with Crippen LogP contribution in [0.15, 0.2) is 6.33 Å². The van der Waals surface area contributed by atoms with Crippen molar-refractivity contribution >= 4 is 22.4 Å². The third-order valence-corrected chi connectivity index (χ3v) is 2.74. The number of imidazole rings is 1. The van der Waals surface area contributed by atoms with Gasteiger partial charge in [0.2, 0.25) is 0 Å². The first kappa shape index (κ1) is 11.0. The number of nitrogens with zero attached hydrogens (tertiary/aromatic N) is 3. The van der Waals surface area contributed by atoms with Crippen molar-refractivity contribution in [3.63, 3.8) is 0 Å². The molecule has 8 heteroatoms. The lowest BCUT2D eigenvalue weighted by molar-refractivity contribution is -0.387. The Labute approximate surface area is 94.6 Å². The largest absolute Gasteiger partial charge is 0.339 e. The van der Waals surface area contributed by atoms with Gasteiger partial charge in [-0.3, -0.25) is 20.2 Å². The minimum Gasteiger partial charge on any atom is -0.339 e. The molecular weight excluding hydrogens is 228 g/mol. The van der Waals surface area contributed by atoms with E-state index in [1.807, 2.05) is 0 Å². The molecule has 17 heavy (non-hydrogen) atoms. The normalized spacial score (nSPS) is 10.7. The lowest BCUT2D eigenvalue weighted by atomic mass is 10.0. The number of benzene rings is 1. The highest BCUT2D eigenvalue weighted by molar-refractivity contribution is 5.94. The van der Waals surface area contributed by atoms with Gasteiger partial charge in [0.25, 0.3) is 5.69 Å². The third-order valence-electron chi connectivity index (χ3n) is 2.74. The van der Waals surface area contributed by atoms with E-state index in [-0.39, 0.29) is 33.5 Å². The molecule has 2 rings (SSSR count). The summed E-state index contributed by atoms with van der Waals surface area (Å²) in [6, 6.07) is 0. The summed E-state index contributed by atoms with van der Waals surface area (Å²) >= 11 is 0. The average molecular weight is 236 g/mol. The van der Waals surface area contributed by atoms with Crippen molar-refractivity contribution in [1.29, 1.82) is 0 Å². The lowest BCUT2D eigenvalue weighted by Crippen LogP contribution is -2.01. The molecule has 0 amide bonds. The fourth-order valence-electron chi connectivity index (χ4n) is 1.83. The number of nitrogens with one attached hydrogen (secondary N) is 1. The fourth-order valence-corrected chi connectivity index (χ4v) is 1.83. The minimum absolute atomic E-state index is 0.0183. The molecule has 0 atom stereocenters. The van der Waals surface area contributed by atoms with E-state index in [0.29, 0.717) is 0 Å². The first-order valence-corrected chi connectivity index (χ1v) is 4.70. The summed E-state index contributed by atoms with van der Waals surface area (Å²) in [5.74, 6) is 0. The summed E-state index contributed by atoms with van der Waals surface area (Å²) in [6.45, 7) is 2.97. The molecule has 0 aliphatic carbocycles. The van der Waals surface area contributed by atoms with Crippen molar-refractivity contribution in [2.24, 2.45) is 0 Å². The van der Waals surface area contributed by atoms with Crippen molar-refractivity contribution in [1.82, 2.24) is 9.97 Å². The maximum Gasteiger partial charge on any atom is 0.300 e.